The SMILES string of the molecule is Cc1cc(C(=O)CCc2ccccc2)c(F)cc1F. The van der Waals surface area contributed by atoms with Crippen LogP contribution >= 0.6 is 0 Å². The number of carbonyl (C=O) groups excluding carboxylic acids is 1. The van der Waals surface area contributed by atoms with E-state index in [0.717, 1.165) is 11.6 Å². The van der Waals surface area contributed by atoms with Gasteiger partial charge in [0.15, 0.2) is 5.78 Å². The molecule has 0 radical (unpaired) electrons. The van der Waals surface area contributed by atoms with Crippen molar-refractivity contribution >= 4 is 5.78 Å². The maximum Gasteiger partial charge on any atom is 0.166 e. The quantitative estimate of drug-likeness (QED) is 0.757. The zero-order chi connectivity index (χ0) is 13.8. The van der Waals surface area contributed by atoms with Crippen LogP contribution in [0.2, 0.25) is 0 Å². The molecule has 0 atom stereocenters. The molecule has 0 unspecified atom stereocenters. The van der Waals surface area contributed by atoms with Gasteiger partial charge in [-0.05, 0) is 30.5 Å². The topological polar surface area (TPSA) is 17.1 Å². The number of ketones is 1. The standard InChI is InChI=1S/C16H14F2O/c1-11-9-13(15(18)10-14(11)17)16(19)8-7-12-5-3-2-4-6-12/h2-6,9-10H,7-8H2,1H3. The Hall–Kier alpha value is -2.03. The highest BCUT2D eigenvalue weighted by Gasteiger charge is 2.14. The number of aryl methyl sites for hydroxylation is 2. The van der Waals surface area contributed by atoms with Gasteiger partial charge in [-0.1, -0.05) is 30.3 Å². The minimum absolute atomic E-state index is 0.0326. The van der Waals surface area contributed by atoms with Crippen molar-refractivity contribution in [2.75, 3.05) is 0 Å². The predicted molar refractivity (Wildman–Crippen MR) is 70.2 cm³/mol. The van der Waals surface area contributed by atoms with Crippen molar-refractivity contribution in [3.05, 3.63) is 70.8 Å². The summed E-state index contributed by atoms with van der Waals surface area (Å²) < 4.78 is 26.7. The molecule has 1 nitrogen and oxygen atoms in total. The van der Waals surface area contributed by atoms with Gasteiger partial charge in [0.25, 0.3) is 0 Å². The first-order valence-corrected chi connectivity index (χ1v) is 6.10. The third-order valence-corrected chi connectivity index (χ3v) is 3.03. The zero-order valence-electron chi connectivity index (χ0n) is 10.6. The van der Waals surface area contributed by atoms with E-state index in [1.165, 1.54) is 13.0 Å². The fraction of sp³-hybridized carbons (Fsp3) is 0.188. The van der Waals surface area contributed by atoms with Crippen molar-refractivity contribution in [2.45, 2.75) is 19.8 Å². The molecule has 0 aliphatic carbocycles. The maximum atomic E-state index is 13.5. The lowest BCUT2D eigenvalue weighted by molar-refractivity contribution is 0.0978. The van der Waals surface area contributed by atoms with Crippen LogP contribution in [0.4, 0.5) is 8.78 Å². The van der Waals surface area contributed by atoms with Gasteiger partial charge in [-0.25, -0.2) is 8.78 Å². The average molecular weight is 260 g/mol. The number of benzene rings is 2. The molecule has 0 saturated heterocycles. The Balaban J connectivity index is 2.10. The third-order valence-electron chi connectivity index (χ3n) is 3.03. The number of hydrogen-bond acceptors (Lipinski definition) is 1. The van der Waals surface area contributed by atoms with E-state index in [1.807, 2.05) is 30.3 Å². The molecule has 19 heavy (non-hydrogen) atoms. The van der Waals surface area contributed by atoms with Crippen LogP contribution < -0.4 is 0 Å². The minimum atomic E-state index is -0.791. The lowest BCUT2D eigenvalue weighted by atomic mass is 10.0. The van der Waals surface area contributed by atoms with Crippen molar-refractivity contribution in [3.63, 3.8) is 0 Å². The average Bonchev–Trinajstić information content (AvgIpc) is 2.41. The molecular weight excluding hydrogens is 246 g/mol. The van der Waals surface area contributed by atoms with E-state index in [0.29, 0.717) is 6.42 Å². The highest BCUT2D eigenvalue weighted by Crippen LogP contribution is 2.17. The van der Waals surface area contributed by atoms with Crippen LogP contribution in [0, 0.1) is 18.6 Å². The van der Waals surface area contributed by atoms with Crippen molar-refractivity contribution in [3.8, 4) is 0 Å². The predicted octanol–water partition coefficient (Wildman–Crippen LogP) is 4.09. The summed E-state index contributed by atoms with van der Waals surface area (Å²) in [6.07, 6.45) is 0.765. The van der Waals surface area contributed by atoms with E-state index in [9.17, 15) is 13.6 Å². The second kappa shape index (κ2) is 5.74. The first-order chi connectivity index (χ1) is 9.08. The van der Waals surface area contributed by atoms with E-state index in [2.05, 4.69) is 0 Å². The van der Waals surface area contributed by atoms with E-state index in [4.69, 9.17) is 0 Å². The van der Waals surface area contributed by atoms with Crippen LogP contribution in [-0.2, 0) is 6.42 Å². The van der Waals surface area contributed by atoms with Gasteiger partial charge in [0.05, 0.1) is 5.56 Å². The Bertz CT molecular complexity index is 591. The van der Waals surface area contributed by atoms with Gasteiger partial charge in [0, 0.05) is 12.5 Å². The summed E-state index contributed by atoms with van der Waals surface area (Å²) >= 11 is 0. The molecule has 0 saturated carbocycles. The van der Waals surface area contributed by atoms with Crippen molar-refractivity contribution in [2.24, 2.45) is 0 Å². The number of halogens is 2. The number of hydrogen-bond donors (Lipinski definition) is 0. The molecule has 2 aromatic carbocycles. The second-order valence-electron chi connectivity index (χ2n) is 4.49. The maximum absolute atomic E-state index is 13.5. The Morgan fingerprint density at radius 3 is 2.42 bits per heavy atom. The van der Waals surface area contributed by atoms with Crippen molar-refractivity contribution < 1.29 is 13.6 Å². The van der Waals surface area contributed by atoms with Crippen LogP contribution in [0.3, 0.4) is 0 Å². The van der Waals surface area contributed by atoms with Crippen LogP contribution in [0.1, 0.15) is 27.9 Å². The summed E-state index contributed by atoms with van der Waals surface area (Å²) in [6, 6.07) is 11.6. The molecule has 0 aromatic heterocycles. The largest absolute Gasteiger partial charge is 0.294 e. The summed E-state index contributed by atoms with van der Waals surface area (Å²) in [4.78, 5) is 11.9. The molecule has 0 aliphatic heterocycles. The molecular formula is C16H14F2O. The Kier molecular flexibility index (Phi) is 4.05. The van der Waals surface area contributed by atoms with Crippen LogP contribution in [0.5, 0.6) is 0 Å². The molecule has 3 heteroatoms. The Morgan fingerprint density at radius 1 is 1.05 bits per heavy atom. The molecule has 2 aromatic rings. The molecule has 0 N–H and O–H groups in total. The third kappa shape index (κ3) is 3.25. The van der Waals surface area contributed by atoms with Gasteiger partial charge in [0.1, 0.15) is 11.6 Å². The minimum Gasteiger partial charge on any atom is -0.294 e. The highest BCUT2D eigenvalue weighted by atomic mass is 19.1. The summed E-state index contributed by atoms with van der Waals surface area (Å²) in [6.45, 7) is 1.52. The van der Waals surface area contributed by atoms with Crippen LogP contribution in [0.25, 0.3) is 0 Å². The van der Waals surface area contributed by atoms with E-state index in [-0.39, 0.29) is 23.3 Å². The number of Topliss-reactive ketones (excluding diaryl/α,β-unsaturated/α-hetero) is 1. The normalized spacial score (nSPS) is 10.5. The van der Waals surface area contributed by atoms with Crippen molar-refractivity contribution in [1.29, 1.82) is 0 Å². The molecule has 0 heterocycles. The summed E-state index contributed by atoms with van der Waals surface area (Å²) in [7, 11) is 0. The molecule has 0 aliphatic rings. The van der Waals surface area contributed by atoms with Gasteiger partial charge in [-0.15, -0.1) is 0 Å². The zero-order valence-corrected chi connectivity index (χ0v) is 10.6. The van der Waals surface area contributed by atoms with Crippen LogP contribution in [-0.4, -0.2) is 5.78 Å². The highest BCUT2D eigenvalue weighted by molar-refractivity contribution is 5.96. The molecule has 0 amide bonds. The molecule has 0 spiro atoms. The van der Waals surface area contributed by atoms with Gasteiger partial charge in [-0.2, -0.15) is 0 Å². The van der Waals surface area contributed by atoms with Gasteiger partial charge in [-0.3, -0.25) is 4.79 Å². The van der Waals surface area contributed by atoms with Gasteiger partial charge >= 0.3 is 0 Å². The first kappa shape index (κ1) is 13.4. The monoisotopic (exact) mass is 260 g/mol. The molecule has 98 valence electrons. The Labute approximate surface area is 110 Å². The van der Waals surface area contributed by atoms with E-state index >= 15 is 0 Å². The first-order valence-electron chi connectivity index (χ1n) is 6.10. The van der Waals surface area contributed by atoms with Crippen LogP contribution in [0.15, 0.2) is 42.5 Å². The summed E-state index contributed by atoms with van der Waals surface area (Å²) in [5.74, 6) is -1.72. The number of rotatable bonds is 4. The molecule has 0 bridgehead atoms. The lowest BCUT2D eigenvalue weighted by Gasteiger charge is -2.05. The lowest BCUT2D eigenvalue weighted by Crippen LogP contribution is -2.05. The summed E-state index contributed by atoms with van der Waals surface area (Å²) in [5.41, 5.74) is 1.27. The second-order valence-corrected chi connectivity index (χ2v) is 4.49. The molecule has 2 rings (SSSR count). The fourth-order valence-electron chi connectivity index (χ4n) is 1.91. The van der Waals surface area contributed by atoms with E-state index in [1.54, 1.807) is 0 Å². The number of carbonyl (C=O) groups is 1. The summed E-state index contributed by atoms with van der Waals surface area (Å²) in [5, 5.41) is 0. The fourth-order valence-corrected chi connectivity index (χ4v) is 1.91. The van der Waals surface area contributed by atoms with Crippen molar-refractivity contribution in [1.82, 2.24) is 0 Å². The van der Waals surface area contributed by atoms with E-state index < -0.39 is 11.6 Å². The Morgan fingerprint density at radius 2 is 1.74 bits per heavy atom. The smallest absolute Gasteiger partial charge is 0.166 e. The molecule has 0 fully saturated rings. The van der Waals surface area contributed by atoms with Gasteiger partial charge in [0.2, 0.25) is 0 Å². The van der Waals surface area contributed by atoms with Gasteiger partial charge < -0.3 is 0 Å².